The van der Waals surface area contributed by atoms with Crippen molar-refractivity contribution in [3.8, 4) is 0 Å². The second-order valence-electron chi connectivity index (χ2n) is 5.14. The number of morpholine rings is 1. The first-order valence-electron chi connectivity index (χ1n) is 6.61. The lowest BCUT2D eigenvalue weighted by Crippen LogP contribution is -2.53. The van der Waals surface area contributed by atoms with E-state index < -0.39 is 24.0 Å². The number of fused-ring (bicyclic) bond motifs is 2. The smallest absolute Gasteiger partial charge is 0.326 e. The Morgan fingerprint density at radius 3 is 2.30 bits per heavy atom. The minimum atomic E-state index is -1.23. The average molecular weight is 286 g/mol. The molecule has 0 aromatic carbocycles. The Morgan fingerprint density at radius 2 is 1.80 bits per heavy atom. The summed E-state index contributed by atoms with van der Waals surface area (Å²) < 4.78 is 5.59. The first kappa shape index (κ1) is 14.6. The number of likely N-dealkylation sites (tertiary alicyclic amines) is 1. The van der Waals surface area contributed by atoms with Crippen LogP contribution < -0.4 is 5.32 Å². The number of amides is 2. The molecule has 2 heterocycles. The zero-order valence-corrected chi connectivity index (χ0v) is 10.9. The number of rotatable bonds is 5. The van der Waals surface area contributed by atoms with E-state index >= 15 is 0 Å². The molecule has 2 fully saturated rings. The molecule has 8 nitrogen and oxygen atoms in total. The zero-order chi connectivity index (χ0) is 14.7. The third-order valence-electron chi connectivity index (χ3n) is 3.57. The molecule has 0 saturated carbocycles. The summed E-state index contributed by atoms with van der Waals surface area (Å²) in [5.41, 5.74) is 0. The van der Waals surface area contributed by atoms with Crippen molar-refractivity contribution in [2.24, 2.45) is 0 Å². The zero-order valence-electron chi connectivity index (χ0n) is 10.9. The van der Waals surface area contributed by atoms with E-state index in [-0.39, 0.29) is 25.0 Å². The second kappa shape index (κ2) is 6.08. The molecule has 2 aliphatic heterocycles. The highest BCUT2D eigenvalue weighted by molar-refractivity contribution is 5.83. The van der Waals surface area contributed by atoms with Crippen molar-refractivity contribution in [2.45, 2.75) is 43.9 Å². The number of aliphatic carboxylic acids is 2. The molecule has 2 saturated heterocycles. The minimum absolute atomic E-state index is 0.0294. The predicted molar refractivity (Wildman–Crippen MR) is 66.3 cm³/mol. The molecule has 2 amide bonds. The number of carbonyl (C=O) groups excluding carboxylic acids is 1. The molecule has 0 aromatic rings. The quantitative estimate of drug-likeness (QED) is 0.648. The van der Waals surface area contributed by atoms with Crippen molar-refractivity contribution in [2.75, 3.05) is 13.1 Å². The van der Waals surface area contributed by atoms with E-state index in [9.17, 15) is 14.4 Å². The lowest BCUT2D eigenvalue weighted by Gasteiger charge is -2.32. The number of carboxylic acids is 2. The molecule has 3 atom stereocenters. The summed E-state index contributed by atoms with van der Waals surface area (Å²) in [5, 5.41) is 19.9. The van der Waals surface area contributed by atoms with Crippen molar-refractivity contribution in [3.05, 3.63) is 0 Å². The molecule has 0 radical (unpaired) electrons. The van der Waals surface area contributed by atoms with Crippen molar-refractivity contribution in [1.29, 1.82) is 0 Å². The van der Waals surface area contributed by atoms with Crippen LogP contribution in [0, 0.1) is 0 Å². The Morgan fingerprint density at radius 1 is 1.20 bits per heavy atom. The first-order chi connectivity index (χ1) is 9.45. The third kappa shape index (κ3) is 3.60. The molecule has 20 heavy (non-hydrogen) atoms. The Hall–Kier alpha value is -1.83. The van der Waals surface area contributed by atoms with Gasteiger partial charge in [0.05, 0.1) is 12.2 Å². The van der Waals surface area contributed by atoms with Crippen LogP contribution in [0.5, 0.6) is 0 Å². The van der Waals surface area contributed by atoms with Gasteiger partial charge in [0.2, 0.25) is 0 Å². The molecule has 8 heteroatoms. The van der Waals surface area contributed by atoms with Gasteiger partial charge >= 0.3 is 18.0 Å². The lowest BCUT2D eigenvalue weighted by atomic mass is 10.1. The Labute approximate surface area is 115 Å². The summed E-state index contributed by atoms with van der Waals surface area (Å²) in [4.78, 5) is 35.1. The van der Waals surface area contributed by atoms with Crippen LogP contribution in [0.1, 0.15) is 25.7 Å². The Kier molecular flexibility index (Phi) is 4.43. The van der Waals surface area contributed by atoms with Gasteiger partial charge in [0.15, 0.2) is 0 Å². The van der Waals surface area contributed by atoms with Gasteiger partial charge in [0.1, 0.15) is 6.04 Å². The number of nitrogens with one attached hydrogen (secondary N) is 1. The van der Waals surface area contributed by atoms with Crippen LogP contribution in [0.3, 0.4) is 0 Å². The maximum Gasteiger partial charge on any atom is 0.326 e. The monoisotopic (exact) mass is 286 g/mol. The summed E-state index contributed by atoms with van der Waals surface area (Å²) >= 11 is 0. The summed E-state index contributed by atoms with van der Waals surface area (Å²) in [6.45, 7) is 0.904. The number of hydrogen-bond acceptors (Lipinski definition) is 4. The number of nitrogens with zero attached hydrogens (tertiary/aromatic N) is 1. The molecule has 112 valence electrons. The van der Waals surface area contributed by atoms with Gasteiger partial charge in [0, 0.05) is 19.5 Å². The third-order valence-corrected chi connectivity index (χ3v) is 3.57. The van der Waals surface area contributed by atoms with E-state index in [1.165, 1.54) is 0 Å². The van der Waals surface area contributed by atoms with Crippen LogP contribution >= 0.6 is 0 Å². The number of urea groups is 1. The van der Waals surface area contributed by atoms with Crippen LogP contribution in [0.25, 0.3) is 0 Å². The molecule has 3 N–H and O–H groups in total. The molecule has 0 aromatic heterocycles. The summed E-state index contributed by atoms with van der Waals surface area (Å²) in [5.74, 6) is -2.31. The number of carboxylic acid groups (broad SMARTS) is 2. The normalized spacial score (nSPS) is 26.1. The van der Waals surface area contributed by atoms with Gasteiger partial charge in [0.25, 0.3) is 0 Å². The van der Waals surface area contributed by atoms with Gasteiger partial charge in [-0.25, -0.2) is 9.59 Å². The van der Waals surface area contributed by atoms with E-state index in [0.717, 1.165) is 12.8 Å². The highest BCUT2D eigenvalue weighted by Gasteiger charge is 2.36. The van der Waals surface area contributed by atoms with Gasteiger partial charge < -0.3 is 25.2 Å². The molecule has 2 rings (SSSR count). The molecule has 2 bridgehead atoms. The predicted octanol–water partition coefficient (Wildman–Crippen LogP) is -0.123. The highest BCUT2D eigenvalue weighted by atomic mass is 16.5. The van der Waals surface area contributed by atoms with E-state index in [4.69, 9.17) is 14.9 Å². The van der Waals surface area contributed by atoms with Crippen molar-refractivity contribution in [3.63, 3.8) is 0 Å². The lowest BCUT2D eigenvalue weighted by molar-refractivity contribution is -0.140. The van der Waals surface area contributed by atoms with Crippen molar-refractivity contribution >= 4 is 18.0 Å². The summed E-state index contributed by atoms with van der Waals surface area (Å²) in [7, 11) is 0. The summed E-state index contributed by atoms with van der Waals surface area (Å²) in [6, 6.07) is -1.65. The van der Waals surface area contributed by atoms with Crippen LogP contribution in [0.4, 0.5) is 4.79 Å². The van der Waals surface area contributed by atoms with Crippen molar-refractivity contribution < 1.29 is 29.3 Å². The molecular formula is C12H18N2O6. The SMILES string of the molecule is O=C(O)CCC(NC(=O)N1CC2CCC(C1)O2)C(=O)O. The number of carbonyl (C=O) groups is 3. The largest absolute Gasteiger partial charge is 0.481 e. The molecule has 0 aliphatic carbocycles. The van der Waals surface area contributed by atoms with Gasteiger partial charge in [-0.15, -0.1) is 0 Å². The molecular weight excluding hydrogens is 268 g/mol. The van der Waals surface area contributed by atoms with Crippen LogP contribution in [-0.2, 0) is 14.3 Å². The van der Waals surface area contributed by atoms with E-state index in [1.807, 2.05) is 0 Å². The van der Waals surface area contributed by atoms with Crippen LogP contribution in [0.15, 0.2) is 0 Å². The molecule has 3 unspecified atom stereocenters. The van der Waals surface area contributed by atoms with Gasteiger partial charge in [-0.3, -0.25) is 4.79 Å². The fraction of sp³-hybridized carbons (Fsp3) is 0.750. The van der Waals surface area contributed by atoms with E-state index in [2.05, 4.69) is 5.32 Å². The molecule has 0 spiro atoms. The van der Waals surface area contributed by atoms with Gasteiger partial charge in [-0.1, -0.05) is 0 Å². The molecule has 2 aliphatic rings. The highest BCUT2D eigenvalue weighted by Crippen LogP contribution is 2.26. The standard InChI is InChI=1S/C12H18N2O6/c15-10(16)4-3-9(11(17)18)13-12(19)14-5-7-1-2-8(6-14)20-7/h7-9H,1-6H2,(H,13,19)(H,15,16)(H,17,18). The second-order valence-corrected chi connectivity index (χ2v) is 5.14. The maximum atomic E-state index is 12.0. The topological polar surface area (TPSA) is 116 Å². The first-order valence-corrected chi connectivity index (χ1v) is 6.61. The Bertz CT molecular complexity index is 401. The number of ether oxygens (including phenoxy) is 1. The van der Waals surface area contributed by atoms with Crippen molar-refractivity contribution in [1.82, 2.24) is 10.2 Å². The maximum absolute atomic E-state index is 12.0. The van der Waals surface area contributed by atoms with Gasteiger partial charge in [-0.05, 0) is 19.3 Å². The fourth-order valence-corrected chi connectivity index (χ4v) is 2.55. The minimum Gasteiger partial charge on any atom is -0.481 e. The van der Waals surface area contributed by atoms with Gasteiger partial charge in [-0.2, -0.15) is 0 Å². The fourth-order valence-electron chi connectivity index (χ4n) is 2.55. The van der Waals surface area contributed by atoms with Crippen LogP contribution in [-0.4, -0.2) is 64.4 Å². The number of hydrogen-bond donors (Lipinski definition) is 3. The average Bonchev–Trinajstić information content (AvgIpc) is 2.72. The van der Waals surface area contributed by atoms with E-state index in [1.54, 1.807) is 4.90 Å². The summed E-state index contributed by atoms with van der Waals surface area (Å²) in [6.07, 6.45) is 1.45. The Balaban J connectivity index is 1.87. The van der Waals surface area contributed by atoms with Crippen LogP contribution in [0.2, 0.25) is 0 Å². The van der Waals surface area contributed by atoms with E-state index in [0.29, 0.717) is 13.1 Å².